The van der Waals surface area contributed by atoms with Crippen molar-refractivity contribution in [2.75, 3.05) is 6.54 Å². The van der Waals surface area contributed by atoms with Crippen LogP contribution in [0.2, 0.25) is 0 Å². The van der Waals surface area contributed by atoms with E-state index < -0.39 is 0 Å². The number of hydrogen-bond acceptors (Lipinski definition) is 2. The predicted octanol–water partition coefficient (Wildman–Crippen LogP) is 1.86. The van der Waals surface area contributed by atoms with Gasteiger partial charge in [0.15, 0.2) is 0 Å². The quantitative estimate of drug-likeness (QED) is 0.706. The number of aromatic nitrogens is 1. The van der Waals surface area contributed by atoms with E-state index in [1.165, 1.54) is 17.7 Å². The van der Waals surface area contributed by atoms with Crippen LogP contribution in [0.4, 0.5) is 0 Å². The molecule has 0 saturated carbocycles. The van der Waals surface area contributed by atoms with Gasteiger partial charge in [-0.05, 0) is 38.4 Å². The first-order valence-electron chi connectivity index (χ1n) is 4.93. The van der Waals surface area contributed by atoms with Crippen LogP contribution in [0.5, 0.6) is 0 Å². The van der Waals surface area contributed by atoms with Crippen molar-refractivity contribution in [2.45, 2.75) is 32.2 Å². The molecule has 13 heavy (non-hydrogen) atoms. The van der Waals surface area contributed by atoms with E-state index in [4.69, 9.17) is 0 Å². The molecule has 1 aromatic heterocycles. The monoisotopic (exact) mass is 176 g/mol. The van der Waals surface area contributed by atoms with Crippen LogP contribution in [-0.2, 0) is 0 Å². The maximum absolute atomic E-state index is 4.47. The van der Waals surface area contributed by atoms with Crippen molar-refractivity contribution in [3.63, 3.8) is 0 Å². The highest BCUT2D eigenvalue weighted by Gasteiger charge is 2.24. The summed E-state index contributed by atoms with van der Waals surface area (Å²) in [6.45, 7) is 5.44. The van der Waals surface area contributed by atoms with Gasteiger partial charge in [0.2, 0.25) is 0 Å². The van der Waals surface area contributed by atoms with E-state index in [0.717, 1.165) is 6.54 Å². The maximum atomic E-state index is 4.47. The lowest BCUT2D eigenvalue weighted by molar-refractivity contribution is 0.582. The molecule has 1 aromatic rings. The molecule has 2 nitrogen and oxygen atoms in total. The van der Waals surface area contributed by atoms with Crippen LogP contribution >= 0.6 is 0 Å². The van der Waals surface area contributed by atoms with Gasteiger partial charge in [-0.25, -0.2) is 0 Å². The summed E-state index contributed by atoms with van der Waals surface area (Å²) in [6, 6.07) is 4.88. The Morgan fingerprint density at radius 3 is 2.85 bits per heavy atom. The zero-order chi connectivity index (χ0) is 9.26. The summed E-state index contributed by atoms with van der Waals surface area (Å²) in [6.07, 6.45) is 3.18. The summed E-state index contributed by atoms with van der Waals surface area (Å²) in [5.74, 6) is 0.612. The highest BCUT2D eigenvalue weighted by atomic mass is 15.0. The normalized spacial score (nSPS) is 27.8. The molecule has 0 bridgehead atoms. The van der Waals surface area contributed by atoms with Gasteiger partial charge in [0.05, 0.1) is 0 Å². The van der Waals surface area contributed by atoms with Crippen molar-refractivity contribution < 1.29 is 0 Å². The molecule has 0 radical (unpaired) electrons. The Kier molecular flexibility index (Phi) is 2.32. The molecular formula is C11H16N2. The second-order valence-electron chi connectivity index (χ2n) is 3.90. The van der Waals surface area contributed by atoms with Gasteiger partial charge in [0.1, 0.15) is 0 Å². The fraction of sp³-hybridized carbons (Fsp3) is 0.545. The molecular weight excluding hydrogens is 160 g/mol. The number of nitrogens with one attached hydrogen (secondary N) is 1. The van der Waals surface area contributed by atoms with E-state index >= 15 is 0 Å². The van der Waals surface area contributed by atoms with Crippen LogP contribution in [0.15, 0.2) is 18.3 Å². The molecule has 0 spiro atoms. The van der Waals surface area contributed by atoms with Crippen LogP contribution in [0, 0.1) is 6.92 Å². The molecule has 0 amide bonds. The Morgan fingerprint density at radius 1 is 1.46 bits per heavy atom. The van der Waals surface area contributed by atoms with Gasteiger partial charge in [-0.15, -0.1) is 0 Å². The summed E-state index contributed by atoms with van der Waals surface area (Å²) in [5, 5.41) is 3.44. The average Bonchev–Trinajstić information content (AvgIpc) is 2.53. The zero-order valence-corrected chi connectivity index (χ0v) is 8.25. The second kappa shape index (κ2) is 3.46. The van der Waals surface area contributed by atoms with Crippen LogP contribution in [0.25, 0.3) is 0 Å². The minimum Gasteiger partial charge on any atom is -0.314 e. The molecule has 2 heterocycles. The zero-order valence-electron chi connectivity index (χ0n) is 8.25. The lowest BCUT2D eigenvalue weighted by Gasteiger charge is -2.13. The van der Waals surface area contributed by atoms with Crippen molar-refractivity contribution >= 4 is 0 Å². The second-order valence-corrected chi connectivity index (χ2v) is 3.90. The van der Waals surface area contributed by atoms with Crippen molar-refractivity contribution in [3.05, 3.63) is 29.6 Å². The summed E-state index contributed by atoms with van der Waals surface area (Å²) in [7, 11) is 0. The summed E-state index contributed by atoms with van der Waals surface area (Å²) < 4.78 is 0. The Bertz CT molecular complexity index is 279. The molecule has 1 saturated heterocycles. The molecule has 0 aliphatic carbocycles. The Morgan fingerprint density at radius 2 is 2.31 bits per heavy atom. The summed E-state index contributed by atoms with van der Waals surface area (Å²) >= 11 is 0. The highest BCUT2D eigenvalue weighted by Crippen LogP contribution is 2.25. The molecule has 1 aliphatic rings. The number of rotatable bonds is 1. The van der Waals surface area contributed by atoms with E-state index in [9.17, 15) is 0 Å². The van der Waals surface area contributed by atoms with Gasteiger partial charge in [-0.1, -0.05) is 6.07 Å². The SMILES string of the molecule is Cc1ccc(C2CCNC2C)nc1. The topological polar surface area (TPSA) is 24.9 Å². The third kappa shape index (κ3) is 1.73. The van der Waals surface area contributed by atoms with Crippen molar-refractivity contribution in [1.29, 1.82) is 0 Å². The maximum Gasteiger partial charge on any atom is 0.0450 e. The minimum absolute atomic E-state index is 0.579. The first kappa shape index (κ1) is 8.70. The van der Waals surface area contributed by atoms with Gasteiger partial charge in [-0.2, -0.15) is 0 Å². The van der Waals surface area contributed by atoms with Gasteiger partial charge in [0, 0.05) is 23.9 Å². The van der Waals surface area contributed by atoms with Crippen LogP contribution < -0.4 is 5.32 Å². The molecule has 70 valence electrons. The lowest BCUT2D eigenvalue weighted by Crippen LogP contribution is -2.22. The molecule has 2 heteroatoms. The fourth-order valence-electron chi connectivity index (χ4n) is 1.96. The number of aryl methyl sites for hydroxylation is 1. The fourth-order valence-corrected chi connectivity index (χ4v) is 1.96. The molecule has 1 aliphatic heterocycles. The smallest absolute Gasteiger partial charge is 0.0450 e. The largest absolute Gasteiger partial charge is 0.314 e. The van der Waals surface area contributed by atoms with Gasteiger partial charge < -0.3 is 5.32 Å². The Balaban J connectivity index is 2.20. The van der Waals surface area contributed by atoms with E-state index in [1.54, 1.807) is 0 Å². The van der Waals surface area contributed by atoms with Crippen molar-refractivity contribution in [3.8, 4) is 0 Å². The molecule has 2 rings (SSSR count). The third-order valence-electron chi connectivity index (χ3n) is 2.84. The van der Waals surface area contributed by atoms with E-state index in [1.807, 2.05) is 6.20 Å². The number of hydrogen-bond donors (Lipinski definition) is 1. The number of nitrogens with zero attached hydrogens (tertiary/aromatic N) is 1. The van der Waals surface area contributed by atoms with Gasteiger partial charge >= 0.3 is 0 Å². The van der Waals surface area contributed by atoms with E-state index in [-0.39, 0.29) is 0 Å². The van der Waals surface area contributed by atoms with Gasteiger partial charge in [0.25, 0.3) is 0 Å². The molecule has 1 fully saturated rings. The summed E-state index contributed by atoms with van der Waals surface area (Å²) in [4.78, 5) is 4.47. The van der Waals surface area contributed by atoms with Gasteiger partial charge in [-0.3, -0.25) is 4.98 Å². The highest BCUT2D eigenvalue weighted by molar-refractivity contribution is 5.18. The van der Waals surface area contributed by atoms with Crippen molar-refractivity contribution in [2.24, 2.45) is 0 Å². The number of pyridine rings is 1. The first-order chi connectivity index (χ1) is 6.27. The van der Waals surface area contributed by atoms with E-state index in [0.29, 0.717) is 12.0 Å². The van der Waals surface area contributed by atoms with E-state index in [2.05, 4.69) is 36.3 Å². The first-order valence-corrected chi connectivity index (χ1v) is 4.93. The Labute approximate surface area is 79.4 Å². The minimum atomic E-state index is 0.579. The summed E-state index contributed by atoms with van der Waals surface area (Å²) in [5.41, 5.74) is 2.48. The predicted molar refractivity (Wildman–Crippen MR) is 53.8 cm³/mol. The molecule has 2 unspecified atom stereocenters. The average molecular weight is 176 g/mol. The van der Waals surface area contributed by atoms with Crippen molar-refractivity contribution in [1.82, 2.24) is 10.3 Å². The molecule has 0 aromatic carbocycles. The van der Waals surface area contributed by atoms with Crippen LogP contribution in [-0.4, -0.2) is 17.6 Å². The lowest BCUT2D eigenvalue weighted by atomic mass is 9.97. The third-order valence-corrected chi connectivity index (χ3v) is 2.84. The molecule has 1 N–H and O–H groups in total. The standard InChI is InChI=1S/C11H16N2/c1-8-3-4-11(13-7-8)10-5-6-12-9(10)2/h3-4,7,9-10,12H,5-6H2,1-2H3. The molecule has 2 atom stereocenters. The van der Waals surface area contributed by atoms with Crippen LogP contribution in [0.3, 0.4) is 0 Å². The van der Waals surface area contributed by atoms with Crippen LogP contribution in [0.1, 0.15) is 30.5 Å². The Hall–Kier alpha value is -0.890.